The van der Waals surface area contributed by atoms with Crippen LogP contribution in [0.3, 0.4) is 0 Å². The summed E-state index contributed by atoms with van der Waals surface area (Å²) in [7, 11) is 0. The zero-order valence-corrected chi connectivity index (χ0v) is 13.8. The number of rotatable bonds is 5. The second-order valence-electron chi connectivity index (χ2n) is 5.98. The van der Waals surface area contributed by atoms with Crippen molar-refractivity contribution in [2.24, 2.45) is 0 Å². The Balaban J connectivity index is 1.82. The van der Waals surface area contributed by atoms with Crippen molar-refractivity contribution in [1.29, 1.82) is 0 Å². The van der Waals surface area contributed by atoms with Gasteiger partial charge in [-0.05, 0) is 23.6 Å². The molecule has 3 aromatic carbocycles. The number of aryl methyl sites for hydroxylation is 1. The molecule has 0 aromatic heterocycles. The van der Waals surface area contributed by atoms with E-state index < -0.39 is 0 Å². The number of nitrogens with one attached hydrogen (secondary N) is 1. The van der Waals surface area contributed by atoms with E-state index in [9.17, 15) is 4.79 Å². The number of carbonyl (C=O) groups excluding carboxylic acids is 1. The third-order valence-electron chi connectivity index (χ3n) is 4.06. The van der Waals surface area contributed by atoms with Crippen LogP contribution in [-0.4, -0.2) is 5.91 Å². The first-order chi connectivity index (χ1) is 11.7. The fraction of sp³-hybridized carbons (Fsp3) is 0.136. The third kappa shape index (κ3) is 4.11. The maximum Gasteiger partial charge on any atom is 0.225 e. The number of amides is 1. The van der Waals surface area contributed by atoms with E-state index in [1.54, 1.807) is 0 Å². The Labute approximate surface area is 143 Å². The summed E-state index contributed by atoms with van der Waals surface area (Å²) in [5.74, 6) is 0.0237. The van der Waals surface area contributed by atoms with Gasteiger partial charge in [0, 0.05) is 0 Å². The molecule has 1 N–H and O–H groups in total. The van der Waals surface area contributed by atoms with Crippen LogP contribution in [0.4, 0.5) is 0 Å². The van der Waals surface area contributed by atoms with Crippen LogP contribution in [0.25, 0.3) is 0 Å². The van der Waals surface area contributed by atoms with E-state index in [-0.39, 0.29) is 11.9 Å². The first kappa shape index (κ1) is 16.0. The normalized spacial score (nSPS) is 11.7. The Morgan fingerprint density at radius 1 is 0.792 bits per heavy atom. The van der Waals surface area contributed by atoms with Gasteiger partial charge in [-0.25, -0.2) is 0 Å². The predicted octanol–water partition coefficient (Wildman–Crippen LogP) is 4.44. The molecule has 1 amide bonds. The topological polar surface area (TPSA) is 29.1 Å². The van der Waals surface area contributed by atoms with Crippen molar-refractivity contribution in [2.75, 3.05) is 0 Å². The maximum absolute atomic E-state index is 12.5. The highest BCUT2D eigenvalue weighted by Crippen LogP contribution is 2.22. The van der Waals surface area contributed by atoms with E-state index in [4.69, 9.17) is 0 Å². The minimum Gasteiger partial charge on any atom is -0.345 e. The lowest BCUT2D eigenvalue weighted by Gasteiger charge is -2.20. The molecule has 0 spiro atoms. The Morgan fingerprint density at radius 3 is 1.96 bits per heavy atom. The van der Waals surface area contributed by atoms with E-state index >= 15 is 0 Å². The monoisotopic (exact) mass is 315 g/mol. The zero-order valence-electron chi connectivity index (χ0n) is 13.8. The molecular formula is C22H21NO. The molecule has 0 unspecified atom stereocenters. The molecule has 0 radical (unpaired) electrons. The molecule has 0 saturated carbocycles. The van der Waals surface area contributed by atoms with Crippen molar-refractivity contribution in [3.05, 3.63) is 107 Å². The van der Waals surface area contributed by atoms with Gasteiger partial charge in [-0.1, -0.05) is 90.5 Å². The lowest BCUT2D eigenvalue weighted by Crippen LogP contribution is -2.30. The molecule has 0 bridgehead atoms. The minimum absolute atomic E-state index is 0.0237. The van der Waals surface area contributed by atoms with Crippen molar-refractivity contribution >= 4 is 5.91 Å². The van der Waals surface area contributed by atoms with Crippen LogP contribution in [0.5, 0.6) is 0 Å². The standard InChI is InChI=1S/C22H21NO/c1-17-12-14-20(15-13-17)22(19-10-6-3-7-11-19)23-21(24)16-18-8-4-2-5-9-18/h2-15,22H,16H2,1H3,(H,23,24)/t22-/m1/s1. The summed E-state index contributed by atoms with van der Waals surface area (Å²) in [6.45, 7) is 2.06. The summed E-state index contributed by atoms with van der Waals surface area (Å²) in [6.07, 6.45) is 0.385. The lowest BCUT2D eigenvalue weighted by molar-refractivity contribution is -0.120. The van der Waals surface area contributed by atoms with Crippen LogP contribution in [0.1, 0.15) is 28.3 Å². The van der Waals surface area contributed by atoms with Crippen molar-refractivity contribution in [3.63, 3.8) is 0 Å². The van der Waals surface area contributed by atoms with Crippen molar-refractivity contribution in [1.82, 2.24) is 5.32 Å². The van der Waals surface area contributed by atoms with Crippen LogP contribution in [0.2, 0.25) is 0 Å². The van der Waals surface area contributed by atoms with Crippen molar-refractivity contribution < 1.29 is 4.79 Å². The van der Waals surface area contributed by atoms with Crippen LogP contribution in [0, 0.1) is 6.92 Å². The second kappa shape index (κ2) is 7.60. The summed E-state index contributed by atoms with van der Waals surface area (Å²) in [5, 5.41) is 3.18. The number of benzene rings is 3. The van der Waals surface area contributed by atoms with Crippen LogP contribution in [0.15, 0.2) is 84.9 Å². The van der Waals surface area contributed by atoms with Crippen LogP contribution < -0.4 is 5.32 Å². The summed E-state index contributed by atoms with van der Waals surface area (Å²) in [4.78, 5) is 12.5. The summed E-state index contributed by atoms with van der Waals surface area (Å²) < 4.78 is 0. The molecule has 120 valence electrons. The van der Waals surface area contributed by atoms with Gasteiger partial charge in [-0.2, -0.15) is 0 Å². The molecule has 0 aliphatic heterocycles. The molecular weight excluding hydrogens is 294 g/mol. The Morgan fingerprint density at radius 2 is 1.33 bits per heavy atom. The van der Waals surface area contributed by atoms with Crippen molar-refractivity contribution in [2.45, 2.75) is 19.4 Å². The quantitative estimate of drug-likeness (QED) is 0.741. The molecule has 3 aromatic rings. The molecule has 0 heterocycles. The van der Waals surface area contributed by atoms with Crippen molar-refractivity contribution in [3.8, 4) is 0 Å². The molecule has 0 fully saturated rings. The van der Waals surface area contributed by atoms with Gasteiger partial charge in [0.15, 0.2) is 0 Å². The highest BCUT2D eigenvalue weighted by atomic mass is 16.1. The highest BCUT2D eigenvalue weighted by Gasteiger charge is 2.16. The summed E-state index contributed by atoms with van der Waals surface area (Å²) in [5.41, 5.74) is 4.41. The smallest absolute Gasteiger partial charge is 0.225 e. The first-order valence-corrected chi connectivity index (χ1v) is 8.17. The molecule has 3 rings (SSSR count). The van der Waals surface area contributed by atoms with Gasteiger partial charge in [0.2, 0.25) is 5.91 Å². The predicted molar refractivity (Wildman–Crippen MR) is 97.8 cm³/mol. The van der Waals surface area contributed by atoms with E-state index in [1.807, 2.05) is 60.7 Å². The van der Waals surface area contributed by atoms with E-state index in [2.05, 4.69) is 36.5 Å². The van der Waals surface area contributed by atoms with Gasteiger partial charge in [-0.3, -0.25) is 4.79 Å². The van der Waals surface area contributed by atoms with Gasteiger partial charge >= 0.3 is 0 Å². The molecule has 0 saturated heterocycles. The van der Waals surface area contributed by atoms with Gasteiger partial charge in [0.25, 0.3) is 0 Å². The fourth-order valence-corrected chi connectivity index (χ4v) is 2.76. The second-order valence-corrected chi connectivity index (χ2v) is 5.98. The average molecular weight is 315 g/mol. The molecule has 1 atom stereocenters. The fourth-order valence-electron chi connectivity index (χ4n) is 2.76. The van der Waals surface area contributed by atoms with E-state index in [1.165, 1.54) is 5.56 Å². The Kier molecular flexibility index (Phi) is 5.07. The van der Waals surface area contributed by atoms with Crippen LogP contribution in [-0.2, 0) is 11.2 Å². The zero-order chi connectivity index (χ0) is 16.8. The lowest BCUT2D eigenvalue weighted by atomic mass is 9.97. The summed E-state index contributed by atoms with van der Waals surface area (Å²) in [6, 6.07) is 28.1. The van der Waals surface area contributed by atoms with E-state index in [0.29, 0.717) is 6.42 Å². The molecule has 2 heteroatoms. The van der Waals surface area contributed by atoms with Gasteiger partial charge in [-0.15, -0.1) is 0 Å². The SMILES string of the molecule is Cc1ccc([C@H](NC(=O)Cc2ccccc2)c2ccccc2)cc1. The number of carbonyl (C=O) groups is 1. The molecule has 24 heavy (non-hydrogen) atoms. The number of hydrogen-bond acceptors (Lipinski definition) is 1. The van der Waals surface area contributed by atoms with Gasteiger partial charge < -0.3 is 5.32 Å². The van der Waals surface area contributed by atoms with Gasteiger partial charge in [0.1, 0.15) is 0 Å². The largest absolute Gasteiger partial charge is 0.345 e. The minimum atomic E-state index is -0.136. The molecule has 2 nitrogen and oxygen atoms in total. The average Bonchev–Trinajstić information content (AvgIpc) is 2.62. The Hall–Kier alpha value is -2.87. The third-order valence-corrected chi connectivity index (χ3v) is 4.06. The Bertz CT molecular complexity index is 779. The molecule has 0 aliphatic carbocycles. The summed E-state index contributed by atoms with van der Waals surface area (Å²) >= 11 is 0. The van der Waals surface area contributed by atoms with Gasteiger partial charge in [0.05, 0.1) is 12.5 Å². The van der Waals surface area contributed by atoms with E-state index in [0.717, 1.165) is 16.7 Å². The first-order valence-electron chi connectivity index (χ1n) is 8.17. The number of hydrogen-bond donors (Lipinski definition) is 1. The highest BCUT2D eigenvalue weighted by molar-refractivity contribution is 5.79. The maximum atomic E-state index is 12.5. The van der Waals surface area contributed by atoms with Crippen LogP contribution >= 0.6 is 0 Å². The molecule has 0 aliphatic rings.